The molecule has 133 heavy (non-hydrogen) atoms. The zero-order valence-electron chi connectivity index (χ0n) is 75.6. The topological polar surface area (TPSA) is 408 Å². The number of hydrogen-bond donors (Lipinski definition) is 8. The maximum Gasteiger partial charge on any atom is 0.324 e. The first-order valence-electron chi connectivity index (χ1n) is 46.2. The molecule has 12 atom stereocenters. The van der Waals surface area contributed by atoms with E-state index >= 15 is 0 Å². The number of ether oxygens (including phenoxy) is 4. The van der Waals surface area contributed by atoms with Gasteiger partial charge in [-0.3, -0.25) is 0 Å². The molecule has 0 spiro atoms. The Hall–Kier alpha value is -13.3. The number of nitrogens with zero attached hydrogens (tertiary/aromatic N) is 20. The van der Waals surface area contributed by atoms with Crippen molar-refractivity contribution >= 4 is 46.0 Å². The average molecular weight is 1800 g/mol. The summed E-state index contributed by atoms with van der Waals surface area (Å²) in [5, 5.41) is 12.5. The first kappa shape index (κ1) is 86.4. The molecule has 4 saturated heterocycles. The van der Waals surface area contributed by atoms with Crippen LogP contribution in [0.5, 0.6) is 47.0 Å². The van der Waals surface area contributed by atoms with Crippen molar-refractivity contribution in [2.75, 3.05) is 102 Å². The van der Waals surface area contributed by atoms with Crippen LogP contribution in [0.3, 0.4) is 0 Å². The molecule has 686 valence electrons. The number of piperidine rings is 3. The van der Waals surface area contributed by atoms with Gasteiger partial charge in [-0.25, -0.2) is 57.4 Å². The van der Waals surface area contributed by atoms with E-state index in [-0.39, 0.29) is 76.9 Å². The zero-order chi connectivity index (χ0) is 91.7. The number of hydrogen-bond acceptors (Lipinski definition) is 32. The van der Waals surface area contributed by atoms with E-state index in [2.05, 4.69) is 87.7 Å². The molecule has 4 aliphatic heterocycles. The lowest BCUT2D eigenvalue weighted by Crippen LogP contribution is -2.53. The normalized spacial score (nSPS) is 22.9. The molecule has 6 bridgehead atoms. The lowest BCUT2D eigenvalue weighted by atomic mass is 9.60. The summed E-state index contributed by atoms with van der Waals surface area (Å²) >= 11 is 0. The molecule has 12 heterocycles. The van der Waals surface area contributed by atoms with Crippen LogP contribution in [0, 0.1) is 52.4 Å². The molecule has 0 amide bonds. The van der Waals surface area contributed by atoms with Crippen molar-refractivity contribution in [2.45, 2.75) is 173 Å². The van der Waals surface area contributed by atoms with Crippen LogP contribution in [-0.2, 0) is 51.4 Å². The Kier molecular flexibility index (Phi) is 22.5. The van der Waals surface area contributed by atoms with Gasteiger partial charge in [0.25, 0.3) is 0 Å². The number of rotatable bonds is 20. The van der Waals surface area contributed by atoms with Crippen LogP contribution < -0.4 is 82.7 Å². The SMILES string of the molecule is CCc1ncc(Oc2nc3c(c(N4CC5C(N)CC5(C)C4)n2)-c2cc(F)cc(NC)c2C3)cn1.CCc1ncc(Oc2nc3c(c(N4CC5CC4C[C@@H]5N)n2)-c2cc(F)cc(NC)c2C3)cn1.CCc1ncc(Oc2nc3c(c(N4CC5CC4C[C@@H]5N)n2)-c2cc(F)cc(NC)c2C3)cn1.CCc1ncc(Oc2nc3c(c(N4C[C@@H]5CC4C[C@@H]5N)n2)-c2cc(F)cc(NC)c2C3)cn1. The summed E-state index contributed by atoms with van der Waals surface area (Å²) in [4.78, 5) is 82.0. The summed E-state index contributed by atoms with van der Waals surface area (Å²) < 4.78 is 82.0. The molecule has 12 aliphatic rings. The van der Waals surface area contributed by atoms with Crippen molar-refractivity contribution in [2.24, 2.45) is 52.0 Å². The Bertz CT molecular complexity index is 6070. The zero-order valence-corrected chi connectivity index (χ0v) is 75.6. The molecular weight excluding hydrogens is 1700 g/mol. The third-order valence-electron chi connectivity index (χ3n) is 29.0. The number of nitrogens with two attached hydrogens (primary N) is 4. The van der Waals surface area contributed by atoms with Crippen molar-refractivity contribution in [3.8, 4) is 91.5 Å². The van der Waals surface area contributed by atoms with E-state index in [0.29, 0.717) is 90.5 Å². The van der Waals surface area contributed by atoms with Crippen molar-refractivity contribution in [1.29, 1.82) is 0 Å². The fraction of sp³-hybridized carbons (Fsp3) is 0.423. The lowest BCUT2D eigenvalue weighted by Gasteiger charge is -2.46. The van der Waals surface area contributed by atoms with E-state index in [4.69, 9.17) is 81.8 Å². The Balaban J connectivity index is 0.000000107. The van der Waals surface area contributed by atoms with Gasteiger partial charge in [-0.2, -0.15) is 39.9 Å². The molecule has 4 aromatic carbocycles. The second-order valence-electron chi connectivity index (χ2n) is 37.0. The highest BCUT2D eigenvalue weighted by atomic mass is 19.1. The number of aryl methyl sites for hydroxylation is 4. The van der Waals surface area contributed by atoms with Crippen LogP contribution in [0.4, 0.5) is 63.6 Å². The van der Waals surface area contributed by atoms with E-state index in [1.54, 1.807) is 102 Å². The van der Waals surface area contributed by atoms with E-state index < -0.39 is 0 Å². The van der Waals surface area contributed by atoms with Crippen LogP contribution >= 0.6 is 0 Å². The third-order valence-corrected chi connectivity index (χ3v) is 29.0. The molecule has 12 aromatic rings. The van der Waals surface area contributed by atoms with Gasteiger partial charge >= 0.3 is 24.0 Å². The second kappa shape index (κ2) is 34.7. The molecule has 36 heteroatoms. The predicted octanol–water partition coefficient (Wildman–Crippen LogP) is 13.4. The number of fused-ring (bicyclic) bond motifs is 19. The Morgan fingerprint density at radius 3 is 0.842 bits per heavy atom. The minimum atomic E-state index is -0.286. The largest absolute Gasteiger partial charge is 0.421 e. The van der Waals surface area contributed by atoms with Crippen LogP contribution in [0.15, 0.2) is 98.1 Å². The maximum absolute atomic E-state index is 14.5. The van der Waals surface area contributed by atoms with E-state index in [1.807, 2.05) is 27.7 Å². The van der Waals surface area contributed by atoms with E-state index in [1.165, 1.54) is 24.3 Å². The summed E-state index contributed by atoms with van der Waals surface area (Å²) in [5.74, 6) is 8.73. The molecule has 4 saturated carbocycles. The van der Waals surface area contributed by atoms with Gasteiger partial charge in [0.05, 0.1) is 72.4 Å². The minimum Gasteiger partial charge on any atom is -0.421 e. The van der Waals surface area contributed by atoms with Gasteiger partial charge in [-0.05, 0) is 167 Å². The predicted molar refractivity (Wildman–Crippen MR) is 497 cm³/mol. The number of halogens is 4. The number of anilines is 8. The molecule has 24 rings (SSSR count). The molecule has 0 radical (unpaired) electrons. The van der Waals surface area contributed by atoms with Crippen LogP contribution in [-0.4, -0.2) is 183 Å². The molecule has 8 aromatic heterocycles. The van der Waals surface area contributed by atoms with Gasteiger partial charge in [0, 0.05) is 200 Å². The Labute approximate surface area is 766 Å². The van der Waals surface area contributed by atoms with Crippen molar-refractivity contribution in [3.05, 3.63) is 190 Å². The summed E-state index contributed by atoms with van der Waals surface area (Å²) in [6.07, 6.45) is 25.4. The smallest absolute Gasteiger partial charge is 0.324 e. The summed E-state index contributed by atoms with van der Waals surface area (Å²) in [6.45, 7) is 14.5. The molecule has 8 fully saturated rings. The van der Waals surface area contributed by atoms with E-state index in [0.717, 1.165) is 262 Å². The molecule has 12 N–H and O–H groups in total. The Morgan fingerprint density at radius 2 is 0.617 bits per heavy atom. The van der Waals surface area contributed by atoms with Crippen molar-refractivity contribution < 1.29 is 36.5 Å². The van der Waals surface area contributed by atoms with Gasteiger partial charge in [0.2, 0.25) is 0 Å². The monoisotopic (exact) mass is 1800 g/mol. The quantitative estimate of drug-likeness (QED) is 0.0329. The van der Waals surface area contributed by atoms with Gasteiger partial charge in [-0.1, -0.05) is 34.6 Å². The Morgan fingerprint density at radius 1 is 0.353 bits per heavy atom. The van der Waals surface area contributed by atoms with Crippen molar-refractivity contribution in [1.82, 2.24) is 79.7 Å². The standard InChI is InChI=1S/C25H28FN7O.3C24H26FN7O/c1-4-21-29-9-14(10-30-21)34-24-31-20-7-15-16(5-13(26)6-19(15)28-3)22(20)23(32-24)33-11-17-18(27)8-25(17,2)12-33;3*1-3-21-28-9-15(10-29-21)33-24-30-20-8-16-17(5-13(25)6-19(16)27-2)22(20)23(31-24)32-11-12-4-14(32)7-18(12)26/h5-6,9-10,17-18,28H,4,7-8,11-12,27H2,1-3H3;3*5-6,9-10,12,14,18,27H,3-4,7-8,11,26H2,1-2H3/t;2*12?,14?,18-;12-,14?,18-/m.000/s1. The summed E-state index contributed by atoms with van der Waals surface area (Å²) in [6, 6.07) is 15.3. The summed E-state index contributed by atoms with van der Waals surface area (Å²) in [7, 11) is 7.22. The second-order valence-corrected chi connectivity index (χ2v) is 37.0. The number of benzene rings is 4. The molecule has 8 aliphatic carbocycles. The van der Waals surface area contributed by atoms with Gasteiger partial charge < -0.3 is 82.7 Å². The number of nitrogens with one attached hydrogen (secondary N) is 4. The van der Waals surface area contributed by atoms with Crippen LogP contribution in [0.1, 0.15) is 148 Å². The fourth-order valence-corrected chi connectivity index (χ4v) is 22.4. The molecule has 32 nitrogen and oxygen atoms in total. The molecule has 8 unspecified atom stereocenters. The highest BCUT2D eigenvalue weighted by Gasteiger charge is 2.56. The van der Waals surface area contributed by atoms with Gasteiger partial charge in [0.1, 0.15) is 69.8 Å². The third kappa shape index (κ3) is 15.9. The number of aromatic nitrogens is 16. The fourth-order valence-electron chi connectivity index (χ4n) is 22.4. The van der Waals surface area contributed by atoms with Gasteiger partial charge in [0.15, 0.2) is 23.0 Å². The highest BCUT2D eigenvalue weighted by Crippen LogP contribution is 2.57. The maximum atomic E-state index is 14.5. The molecular formula is C97H106F4N28O4. The minimum absolute atomic E-state index is 0.168. The summed E-state index contributed by atoms with van der Waals surface area (Å²) in [5.41, 5.74) is 42.9. The van der Waals surface area contributed by atoms with Gasteiger partial charge in [-0.15, -0.1) is 0 Å². The first-order valence-corrected chi connectivity index (χ1v) is 46.2. The highest BCUT2D eigenvalue weighted by molar-refractivity contribution is 5.92. The van der Waals surface area contributed by atoms with Crippen molar-refractivity contribution in [3.63, 3.8) is 0 Å². The average Bonchev–Trinajstić information content (AvgIpc) is 1.62. The van der Waals surface area contributed by atoms with Crippen LogP contribution in [0.2, 0.25) is 0 Å². The van der Waals surface area contributed by atoms with E-state index in [9.17, 15) is 17.6 Å². The first-order chi connectivity index (χ1) is 64.5. The lowest BCUT2D eigenvalue weighted by molar-refractivity contribution is 0.0771. The van der Waals surface area contributed by atoms with Crippen LogP contribution in [0.25, 0.3) is 44.5 Å².